The predicted molar refractivity (Wildman–Crippen MR) is 118 cm³/mol. The fourth-order valence-corrected chi connectivity index (χ4v) is 3.92. The van der Waals surface area contributed by atoms with Crippen molar-refractivity contribution in [1.82, 2.24) is 9.88 Å². The molecule has 1 heterocycles. The molecule has 11 heteroatoms. The van der Waals surface area contributed by atoms with Crippen LogP contribution in [0.1, 0.15) is 56.9 Å². The average molecular weight is 508 g/mol. The molecule has 36 heavy (non-hydrogen) atoms. The van der Waals surface area contributed by atoms with Crippen molar-refractivity contribution in [2.45, 2.75) is 32.1 Å². The molecule has 0 saturated carbocycles. The van der Waals surface area contributed by atoms with Gasteiger partial charge in [0, 0.05) is 24.4 Å². The highest BCUT2D eigenvalue weighted by atomic mass is 19.4. The number of rotatable bonds is 8. The number of nitrogens with zero attached hydrogens (tertiary/aromatic N) is 2. The Morgan fingerprint density at radius 3 is 2.25 bits per heavy atom. The first-order valence-corrected chi connectivity index (χ1v) is 10.7. The normalized spacial score (nSPS) is 12.2. The number of carbonyl (C=O) groups excluding carboxylic acids is 1. The van der Waals surface area contributed by atoms with Gasteiger partial charge in [-0.15, -0.1) is 0 Å². The summed E-state index contributed by atoms with van der Waals surface area (Å²) in [5, 5.41) is 9.06. The second kappa shape index (κ2) is 10.7. The first-order chi connectivity index (χ1) is 17.0. The lowest BCUT2D eigenvalue weighted by Crippen LogP contribution is -2.35. The Morgan fingerprint density at radius 2 is 1.75 bits per heavy atom. The first kappa shape index (κ1) is 26.6. The number of amides is 1. The van der Waals surface area contributed by atoms with E-state index in [0.717, 1.165) is 30.2 Å². The standard InChI is InChI=1S/C25H21F5N2O4/c1-3-20(18-5-4-6-21(36-2)22(18)25(28,29)30)32(13-14-7-8-19(24(34)35)31-12-14)23(33)15-9-16(26)11-17(27)10-15/h4-12,20H,3,13H2,1-2H3,(H,34,35)/t20-/m0/s1. The highest BCUT2D eigenvalue weighted by Crippen LogP contribution is 2.43. The number of halogens is 5. The monoisotopic (exact) mass is 508 g/mol. The largest absolute Gasteiger partial charge is 0.496 e. The molecular formula is C25H21F5N2O4. The number of ether oxygens (including phenoxy) is 1. The van der Waals surface area contributed by atoms with E-state index in [9.17, 15) is 31.5 Å². The van der Waals surface area contributed by atoms with E-state index in [1.807, 2.05) is 0 Å². The fraction of sp³-hybridized carbons (Fsp3) is 0.240. The summed E-state index contributed by atoms with van der Waals surface area (Å²) in [6.45, 7) is 1.24. The molecule has 1 aromatic heterocycles. The fourth-order valence-electron chi connectivity index (χ4n) is 3.92. The number of carboxylic acid groups (broad SMARTS) is 1. The molecule has 0 aliphatic carbocycles. The van der Waals surface area contributed by atoms with Crippen LogP contribution in [0.4, 0.5) is 22.0 Å². The second-order valence-electron chi connectivity index (χ2n) is 7.79. The van der Waals surface area contributed by atoms with Gasteiger partial charge in [0.2, 0.25) is 0 Å². The molecule has 1 amide bonds. The number of aromatic nitrogens is 1. The van der Waals surface area contributed by atoms with E-state index >= 15 is 0 Å². The molecule has 6 nitrogen and oxygen atoms in total. The van der Waals surface area contributed by atoms with Gasteiger partial charge in [-0.25, -0.2) is 18.6 Å². The van der Waals surface area contributed by atoms with Crippen molar-refractivity contribution >= 4 is 11.9 Å². The molecule has 0 bridgehead atoms. The molecule has 1 atom stereocenters. The smallest absolute Gasteiger partial charge is 0.420 e. The third-order valence-corrected chi connectivity index (χ3v) is 5.45. The Balaban J connectivity index is 2.17. The average Bonchev–Trinajstić information content (AvgIpc) is 2.82. The van der Waals surface area contributed by atoms with Crippen LogP contribution in [0, 0.1) is 11.6 Å². The Hall–Kier alpha value is -4.02. The molecule has 190 valence electrons. The number of hydrogen-bond acceptors (Lipinski definition) is 4. The van der Waals surface area contributed by atoms with Crippen LogP contribution < -0.4 is 4.74 Å². The quantitative estimate of drug-likeness (QED) is 0.385. The van der Waals surface area contributed by atoms with Gasteiger partial charge in [0.05, 0.1) is 13.2 Å². The number of alkyl halides is 3. The number of carbonyl (C=O) groups is 2. The lowest BCUT2D eigenvalue weighted by atomic mass is 9.94. The number of methoxy groups -OCH3 is 1. The van der Waals surface area contributed by atoms with Crippen LogP contribution in [0.3, 0.4) is 0 Å². The van der Waals surface area contributed by atoms with E-state index in [1.54, 1.807) is 6.92 Å². The SMILES string of the molecule is CC[C@@H](c1cccc(OC)c1C(F)(F)F)N(Cc1ccc(C(=O)O)nc1)C(=O)c1cc(F)cc(F)c1. The minimum atomic E-state index is -4.83. The summed E-state index contributed by atoms with van der Waals surface area (Å²) in [6.07, 6.45) is -3.67. The Labute approximate surface area is 203 Å². The van der Waals surface area contributed by atoms with E-state index in [4.69, 9.17) is 9.84 Å². The van der Waals surface area contributed by atoms with Crippen LogP contribution in [0.25, 0.3) is 0 Å². The van der Waals surface area contributed by atoms with Gasteiger partial charge in [-0.3, -0.25) is 4.79 Å². The number of hydrogen-bond donors (Lipinski definition) is 1. The Kier molecular flexibility index (Phi) is 7.91. The first-order valence-electron chi connectivity index (χ1n) is 10.7. The van der Waals surface area contributed by atoms with Gasteiger partial charge in [0.15, 0.2) is 0 Å². The van der Waals surface area contributed by atoms with E-state index in [0.29, 0.717) is 11.6 Å². The topological polar surface area (TPSA) is 79.7 Å². The Bertz CT molecular complexity index is 1240. The summed E-state index contributed by atoms with van der Waals surface area (Å²) < 4.78 is 74.9. The summed E-state index contributed by atoms with van der Waals surface area (Å²) >= 11 is 0. The maximum absolute atomic E-state index is 14.1. The molecule has 3 aromatic rings. The molecule has 0 fully saturated rings. The zero-order valence-electron chi connectivity index (χ0n) is 19.1. The molecule has 0 aliphatic heterocycles. The van der Waals surface area contributed by atoms with Crippen LogP contribution in [0.5, 0.6) is 5.75 Å². The van der Waals surface area contributed by atoms with Crippen molar-refractivity contribution in [3.63, 3.8) is 0 Å². The molecule has 0 aliphatic rings. The van der Waals surface area contributed by atoms with Gasteiger partial charge < -0.3 is 14.7 Å². The highest BCUT2D eigenvalue weighted by Gasteiger charge is 2.40. The van der Waals surface area contributed by atoms with E-state index < -0.39 is 52.6 Å². The van der Waals surface area contributed by atoms with Gasteiger partial charge >= 0.3 is 12.1 Å². The lowest BCUT2D eigenvalue weighted by Gasteiger charge is -2.33. The van der Waals surface area contributed by atoms with Crippen molar-refractivity contribution in [1.29, 1.82) is 0 Å². The van der Waals surface area contributed by atoms with Crippen LogP contribution in [0.15, 0.2) is 54.7 Å². The summed E-state index contributed by atoms with van der Waals surface area (Å²) in [7, 11) is 1.09. The van der Waals surface area contributed by atoms with Crippen molar-refractivity contribution < 1.29 is 41.4 Å². The van der Waals surface area contributed by atoms with Gasteiger partial charge in [-0.2, -0.15) is 13.2 Å². The molecule has 0 spiro atoms. The van der Waals surface area contributed by atoms with Crippen LogP contribution in [-0.4, -0.2) is 34.0 Å². The molecule has 2 aromatic carbocycles. The summed E-state index contributed by atoms with van der Waals surface area (Å²) in [5.41, 5.74) is -1.74. The predicted octanol–water partition coefficient (Wildman–Crippen LogP) is 5.88. The van der Waals surface area contributed by atoms with Crippen LogP contribution in [0.2, 0.25) is 0 Å². The summed E-state index contributed by atoms with van der Waals surface area (Å²) in [4.78, 5) is 29.4. The third kappa shape index (κ3) is 5.78. The maximum atomic E-state index is 14.1. The number of carboxylic acids is 1. The molecule has 0 radical (unpaired) electrons. The van der Waals surface area contributed by atoms with Crippen molar-refractivity contribution in [3.05, 3.63) is 94.3 Å². The minimum Gasteiger partial charge on any atom is -0.496 e. The van der Waals surface area contributed by atoms with Gasteiger partial charge in [-0.05, 0) is 41.8 Å². The van der Waals surface area contributed by atoms with Gasteiger partial charge in [0.1, 0.15) is 28.6 Å². The van der Waals surface area contributed by atoms with Crippen LogP contribution in [-0.2, 0) is 12.7 Å². The summed E-state index contributed by atoms with van der Waals surface area (Å²) in [5.74, 6) is -4.73. The molecule has 1 N–H and O–H groups in total. The highest BCUT2D eigenvalue weighted by molar-refractivity contribution is 5.94. The van der Waals surface area contributed by atoms with Crippen molar-refractivity contribution in [2.75, 3.05) is 7.11 Å². The Morgan fingerprint density at radius 1 is 1.08 bits per heavy atom. The summed E-state index contributed by atoms with van der Waals surface area (Å²) in [6, 6.07) is 7.16. The molecular weight excluding hydrogens is 487 g/mol. The van der Waals surface area contributed by atoms with E-state index in [2.05, 4.69) is 4.98 Å². The van der Waals surface area contributed by atoms with Gasteiger partial charge in [0.25, 0.3) is 5.91 Å². The van der Waals surface area contributed by atoms with Crippen molar-refractivity contribution in [3.8, 4) is 5.75 Å². The minimum absolute atomic E-state index is 0.000420. The van der Waals surface area contributed by atoms with Crippen molar-refractivity contribution in [2.24, 2.45) is 0 Å². The number of benzene rings is 2. The van der Waals surface area contributed by atoms with Crippen LogP contribution >= 0.6 is 0 Å². The molecule has 0 unspecified atom stereocenters. The van der Waals surface area contributed by atoms with E-state index in [-0.39, 0.29) is 24.2 Å². The second-order valence-corrected chi connectivity index (χ2v) is 7.79. The van der Waals surface area contributed by atoms with E-state index in [1.165, 1.54) is 30.5 Å². The number of aromatic carboxylic acids is 1. The molecule has 0 saturated heterocycles. The third-order valence-electron chi connectivity index (χ3n) is 5.45. The number of pyridine rings is 1. The maximum Gasteiger partial charge on any atom is 0.420 e. The molecule has 3 rings (SSSR count). The zero-order valence-corrected chi connectivity index (χ0v) is 19.1. The zero-order chi connectivity index (χ0) is 26.6. The van der Waals surface area contributed by atoms with Gasteiger partial charge in [-0.1, -0.05) is 25.1 Å². The lowest BCUT2D eigenvalue weighted by molar-refractivity contribution is -0.140.